The Morgan fingerprint density at radius 3 is 2.92 bits per heavy atom. The van der Waals surface area contributed by atoms with Crippen LogP contribution in [0.25, 0.3) is 0 Å². The number of oxazole rings is 1. The van der Waals surface area contributed by atoms with E-state index in [2.05, 4.69) is 4.98 Å². The maximum atomic E-state index is 8.68. The van der Waals surface area contributed by atoms with Crippen molar-refractivity contribution in [2.45, 2.75) is 6.61 Å². The van der Waals surface area contributed by atoms with E-state index in [9.17, 15) is 0 Å². The summed E-state index contributed by atoms with van der Waals surface area (Å²) in [5.74, 6) is 0. The van der Waals surface area contributed by atoms with Gasteiger partial charge in [0, 0.05) is 6.54 Å². The fraction of sp³-hybridized carbons (Fsp3) is 0.625. The summed E-state index contributed by atoms with van der Waals surface area (Å²) in [6.07, 6.45) is 1.59. The molecular formula is C8H14N2O3. The number of aliphatic hydroxyl groups excluding tert-OH is 1. The van der Waals surface area contributed by atoms with E-state index < -0.39 is 0 Å². The van der Waals surface area contributed by atoms with Crippen molar-refractivity contribution >= 4 is 0 Å². The Hall–Kier alpha value is -1.07. The highest BCUT2D eigenvalue weighted by atomic mass is 16.6. The van der Waals surface area contributed by atoms with Gasteiger partial charge in [-0.15, -0.1) is 0 Å². The van der Waals surface area contributed by atoms with Crippen molar-refractivity contribution in [1.82, 2.24) is 9.88 Å². The van der Waals surface area contributed by atoms with E-state index in [1.54, 1.807) is 0 Å². The average Bonchev–Trinajstić information content (AvgIpc) is 2.52. The Labute approximate surface area is 76.9 Å². The fourth-order valence-electron chi connectivity index (χ4n) is 0.743. The molecule has 13 heavy (non-hydrogen) atoms. The summed E-state index contributed by atoms with van der Waals surface area (Å²) in [6.45, 7) is 1.20. The zero-order valence-corrected chi connectivity index (χ0v) is 7.86. The quantitative estimate of drug-likeness (QED) is 0.707. The topological polar surface area (TPSA) is 58.7 Å². The molecule has 0 amide bonds. The Bertz CT molecular complexity index is 247. The molecule has 1 N–H and O–H groups in total. The molecular weight excluding hydrogens is 172 g/mol. The second-order valence-corrected chi connectivity index (χ2v) is 2.91. The lowest BCUT2D eigenvalue weighted by atomic mass is 10.5. The molecule has 0 aliphatic rings. The molecule has 1 rings (SSSR count). The summed E-state index contributed by atoms with van der Waals surface area (Å²) in [6, 6.07) is 0. The second-order valence-electron chi connectivity index (χ2n) is 2.91. The number of hydrogen-bond acceptors (Lipinski definition) is 5. The van der Waals surface area contributed by atoms with Crippen LogP contribution in [0.2, 0.25) is 0 Å². The molecule has 0 aromatic carbocycles. The van der Waals surface area contributed by atoms with Gasteiger partial charge in [0.15, 0.2) is 0 Å². The van der Waals surface area contributed by atoms with Gasteiger partial charge >= 0.3 is 6.08 Å². The van der Waals surface area contributed by atoms with Crippen LogP contribution in [0.1, 0.15) is 5.69 Å². The molecule has 74 valence electrons. The summed E-state index contributed by atoms with van der Waals surface area (Å²) in [5.41, 5.74) is 0.486. The summed E-state index contributed by atoms with van der Waals surface area (Å²) < 4.78 is 10.1. The van der Waals surface area contributed by atoms with Crippen molar-refractivity contribution in [2.75, 3.05) is 27.2 Å². The smallest absolute Gasteiger partial charge is 0.393 e. The second kappa shape index (κ2) is 4.84. The minimum atomic E-state index is -0.124. The molecule has 0 atom stereocenters. The van der Waals surface area contributed by atoms with Gasteiger partial charge in [-0.3, -0.25) is 0 Å². The lowest BCUT2D eigenvalue weighted by molar-refractivity contribution is 0.203. The number of likely N-dealkylation sites (N-methyl/N-ethyl adjacent to an activating group) is 1. The first-order valence-electron chi connectivity index (χ1n) is 4.05. The number of rotatable bonds is 5. The van der Waals surface area contributed by atoms with Gasteiger partial charge in [-0.25, -0.2) is 0 Å². The Morgan fingerprint density at radius 1 is 1.62 bits per heavy atom. The van der Waals surface area contributed by atoms with Crippen LogP contribution in [0.4, 0.5) is 0 Å². The van der Waals surface area contributed by atoms with Crippen LogP contribution in [0.15, 0.2) is 10.7 Å². The van der Waals surface area contributed by atoms with Crippen molar-refractivity contribution in [3.8, 4) is 6.08 Å². The summed E-state index contributed by atoms with van der Waals surface area (Å²) in [5, 5.41) is 8.68. The van der Waals surface area contributed by atoms with Crippen molar-refractivity contribution < 1.29 is 14.3 Å². The van der Waals surface area contributed by atoms with E-state index in [1.807, 2.05) is 19.0 Å². The lowest BCUT2D eigenvalue weighted by Crippen LogP contribution is -2.19. The summed E-state index contributed by atoms with van der Waals surface area (Å²) in [7, 11) is 3.91. The normalized spacial score (nSPS) is 10.8. The third-order valence-corrected chi connectivity index (χ3v) is 1.46. The minimum absolute atomic E-state index is 0.124. The number of nitrogens with zero attached hydrogens (tertiary/aromatic N) is 2. The third kappa shape index (κ3) is 3.43. The Morgan fingerprint density at radius 2 is 2.38 bits per heavy atom. The van der Waals surface area contributed by atoms with Gasteiger partial charge in [-0.1, -0.05) is 0 Å². The van der Waals surface area contributed by atoms with Crippen LogP contribution in [0.3, 0.4) is 0 Å². The molecule has 0 fully saturated rings. The van der Waals surface area contributed by atoms with Crippen LogP contribution in [0.5, 0.6) is 6.08 Å². The molecule has 1 aromatic rings. The largest absolute Gasteiger partial charge is 0.449 e. The SMILES string of the molecule is CN(C)CCOc1nc(CO)co1. The summed E-state index contributed by atoms with van der Waals surface area (Å²) >= 11 is 0. The van der Waals surface area contributed by atoms with Gasteiger partial charge in [0.05, 0.1) is 6.61 Å². The number of ether oxygens (including phenoxy) is 1. The van der Waals surface area contributed by atoms with Gasteiger partial charge in [-0.05, 0) is 14.1 Å². The van der Waals surface area contributed by atoms with Crippen LogP contribution < -0.4 is 4.74 Å². The fourth-order valence-corrected chi connectivity index (χ4v) is 0.743. The Kier molecular flexibility index (Phi) is 3.72. The molecule has 5 heteroatoms. The van der Waals surface area contributed by atoms with Crippen molar-refractivity contribution in [1.29, 1.82) is 0 Å². The molecule has 0 saturated carbocycles. The molecule has 5 nitrogen and oxygen atoms in total. The van der Waals surface area contributed by atoms with Gasteiger partial charge in [0.1, 0.15) is 18.6 Å². The molecule has 0 aliphatic heterocycles. The van der Waals surface area contributed by atoms with Crippen molar-refractivity contribution in [3.05, 3.63) is 12.0 Å². The molecule has 0 spiro atoms. The van der Waals surface area contributed by atoms with E-state index in [0.29, 0.717) is 12.3 Å². The standard InChI is InChI=1S/C8H14N2O3/c1-10(2)3-4-12-8-9-7(5-11)6-13-8/h6,11H,3-5H2,1-2H3. The van der Waals surface area contributed by atoms with Gasteiger partial charge in [-0.2, -0.15) is 4.98 Å². The maximum Gasteiger partial charge on any atom is 0.393 e. The monoisotopic (exact) mass is 186 g/mol. The first-order chi connectivity index (χ1) is 6.22. The zero-order valence-electron chi connectivity index (χ0n) is 7.86. The van der Waals surface area contributed by atoms with Crippen LogP contribution in [-0.2, 0) is 6.61 Å². The van der Waals surface area contributed by atoms with Crippen molar-refractivity contribution in [3.63, 3.8) is 0 Å². The lowest BCUT2D eigenvalue weighted by Gasteiger charge is -2.07. The minimum Gasteiger partial charge on any atom is -0.449 e. The molecule has 0 aliphatic carbocycles. The highest BCUT2D eigenvalue weighted by molar-refractivity contribution is 4.97. The van der Waals surface area contributed by atoms with Gasteiger partial charge in [0.25, 0.3) is 0 Å². The third-order valence-electron chi connectivity index (χ3n) is 1.46. The highest BCUT2D eigenvalue weighted by Crippen LogP contribution is 2.09. The van der Waals surface area contributed by atoms with E-state index in [1.165, 1.54) is 6.26 Å². The molecule has 0 unspecified atom stereocenters. The first-order valence-corrected chi connectivity index (χ1v) is 4.05. The summed E-state index contributed by atoms with van der Waals surface area (Å²) in [4.78, 5) is 5.86. The van der Waals surface area contributed by atoms with E-state index in [-0.39, 0.29) is 12.7 Å². The molecule has 0 radical (unpaired) electrons. The maximum absolute atomic E-state index is 8.68. The molecule has 1 heterocycles. The highest BCUT2D eigenvalue weighted by Gasteiger charge is 2.03. The molecule has 1 aromatic heterocycles. The van der Waals surface area contributed by atoms with Crippen LogP contribution >= 0.6 is 0 Å². The molecule has 0 saturated heterocycles. The van der Waals surface area contributed by atoms with Gasteiger partial charge in [0.2, 0.25) is 0 Å². The molecule has 0 bridgehead atoms. The number of aromatic nitrogens is 1. The van der Waals surface area contributed by atoms with Crippen LogP contribution in [-0.4, -0.2) is 42.2 Å². The Balaban J connectivity index is 2.28. The van der Waals surface area contributed by atoms with E-state index in [4.69, 9.17) is 14.3 Å². The predicted octanol–water partition coefficient (Wildman–Crippen LogP) is 0.107. The van der Waals surface area contributed by atoms with Gasteiger partial charge < -0.3 is 19.2 Å². The van der Waals surface area contributed by atoms with Crippen LogP contribution in [0, 0.1) is 0 Å². The van der Waals surface area contributed by atoms with E-state index in [0.717, 1.165) is 6.54 Å². The zero-order chi connectivity index (χ0) is 9.68. The number of hydrogen-bond donors (Lipinski definition) is 1. The van der Waals surface area contributed by atoms with E-state index >= 15 is 0 Å². The predicted molar refractivity (Wildman–Crippen MR) is 46.5 cm³/mol. The first kappa shape index (κ1) is 10.0. The number of aliphatic hydroxyl groups is 1. The van der Waals surface area contributed by atoms with Crippen molar-refractivity contribution in [2.24, 2.45) is 0 Å². The average molecular weight is 186 g/mol.